The van der Waals surface area contributed by atoms with Gasteiger partial charge in [-0.1, -0.05) is 13.0 Å². The van der Waals surface area contributed by atoms with E-state index in [1.807, 2.05) is 19.2 Å². The monoisotopic (exact) mass is 221 g/mol. The second-order valence-electron chi connectivity index (χ2n) is 4.82. The molecule has 3 heteroatoms. The van der Waals surface area contributed by atoms with Gasteiger partial charge in [-0.3, -0.25) is 4.98 Å². The number of pyridine rings is 1. The van der Waals surface area contributed by atoms with E-state index < -0.39 is 0 Å². The van der Waals surface area contributed by atoms with Crippen molar-refractivity contribution in [2.75, 3.05) is 14.1 Å². The van der Waals surface area contributed by atoms with Crippen LogP contribution in [0.4, 0.5) is 0 Å². The lowest BCUT2D eigenvalue weighted by Crippen LogP contribution is -2.49. The van der Waals surface area contributed by atoms with Crippen LogP contribution in [0.1, 0.15) is 37.6 Å². The molecule has 0 radical (unpaired) electrons. The summed E-state index contributed by atoms with van der Waals surface area (Å²) in [5.74, 6) is 0. The van der Waals surface area contributed by atoms with Crippen molar-refractivity contribution in [3.8, 4) is 0 Å². The molecule has 0 aliphatic carbocycles. The van der Waals surface area contributed by atoms with Gasteiger partial charge in [0.25, 0.3) is 0 Å². The summed E-state index contributed by atoms with van der Waals surface area (Å²) in [6.45, 7) is 6.35. The molecule has 0 saturated carbocycles. The minimum absolute atomic E-state index is 0.0133. The van der Waals surface area contributed by atoms with Gasteiger partial charge >= 0.3 is 0 Å². The maximum Gasteiger partial charge on any atom is 0.0494 e. The number of nitrogens with two attached hydrogens (primary N) is 1. The molecule has 90 valence electrons. The van der Waals surface area contributed by atoms with Gasteiger partial charge in [-0.25, -0.2) is 0 Å². The first-order valence-electron chi connectivity index (χ1n) is 5.77. The summed E-state index contributed by atoms with van der Waals surface area (Å²) in [7, 11) is 4.15. The molecule has 16 heavy (non-hydrogen) atoms. The van der Waals surface area contributed by atoms with Crippen LogP contribution in [0.2, 0.25) is 0 Å². The van der Waals surface area contributed by atoms with Crippen molar-refractivity contribution in [3.05, 3.63) is 29.6 Å². The zero-order valence-corrected chi connectivity index (χ0v) is 11.0. The second kappa shape index (κ2) is 4.93. The van der Waals surface area contributed by atoms with E-state index in [0.717, 1.165) is 17.7 Å². The van der Waals surface area contributed by atoms with Gasteiger partial charge in [-0.15, -0.1) is 0 Å². The summed E-state index contributed by atoms with van der Waals surface area (Å²) >= 11 is 0. The van der Waals surface area contributed by atoms with Crippen LogP contribution in [0.15, 0.2) is 18.3 Å². The Morgan fingerprint density at radius 1 is 1.44 bits per heavy atom. The highest BCUT2D eigenvalue weighted by Gasteiger charge is 2.33. The lowest BCUT2D eigenvalue weighted by Gasteiger charge is -2.41. The summed E-state index contributed by atoms with van der Waals surface area (Å²) < 4.78 is 0. The number of aryl methyl sites for hydroxylation is 1. The molecule has 2 atom stereocenters. The van der Waals surface area contributed by atoms with E-state index in [0.29, 0.717) is 0 Å². The Kier molecular flexibility index (Phi) is 4.05. The SMILES string of the molecule is CCC(C)(C(N)c1ccc(C)nc1)N(C)C. The normalized spacial score (nSPS) is 17.2. The van der Waals surface area contributed by atoms with E-state index in [1.165, 1.54) is 0 Å². The zero-order valence-electron chi connectivity index (χ0n) is 11.0. The highest BCUT2D eigenvalue weighted by Crippen LogP contribution is 2.30. The molecule has 0 aliphatic rings. The number of rotatable bonds is 4. The smallest absolute Gasteiger partial charge is 0.0494 e. The van der Waals surface area contributed by atoms with Gasteiger partial charge in [-0.05, 0) is 46.0 Å². The van der Waals surface area contributed by atoms with Crippen LogP contribution in [0.3, 0.4) is 0 Å². The fraction of sp³-hybridized carbons (Fsp3) is 0.615. The number of nitrogens with zero attached hydrogens (tertiary/aromatic N) is 2. The van der Waals surface area contributed by atoms with Crippen molar-refractivity contribution >= 4 is 0 Å². The Labute approximate surface area is 98.7 Å². The standard InChI is InChI=1S/C13H23N3/c1-6-13(3,16(4)5)12(14)11-8-7-10(2)15-9-11/h7-9,12H,6,14H2,1-5H3. The van der Waals surface area contributed by atoms with Crippen LogP contribution < -0.4 is 5.73 Å². The van der Waals surface area contributed by atoms with E-state index in [1.54, 1.807) is 0 Å². The highest BCUT2D eigenvalue weighted by atomic mass is 15.2. The fourth-order valence-corrected chi connectivity index (χ4v) is 1.84. The topological polar surface area (TPSA) is 42.1 Å². The zero-order chi connectivity index (χ0) is 12.3. The molecule has 1 rings (SSSR count). The van der Waals surface area contributed by atoms with Crippen LogP contribution in [0.25, 0.3) is 0 Å². The maximum absolute atomic E-state index is 6.35. The summed E-state index contributed by atoms with van der Waals surface area (Å²) in [4.78, 5) is 6.50. The van der Waals surface area contributed by atoms with Crippen molar-refractivity contribution in [3.63, 3.8) is 0 Å². The lowest BCUT2D eigenvalue weighted by molar-refractivity contribution is 0.132. The van der Waals surface area contributed by atoms with E-state index in [2.05, 4.69) is 43.9 Å². The van der Waals surface area contributed by atoms with E-state index in [4.69, 9.17) is 5.73 Å². The quantitative estimate of drug-likeness (QED) is 0.847. The predicted octanol–water partition coefficient (Wildman–Crippen LogP) is 2.12. The molecular formula is C13H23N3. The van der Waals surface area contributed by atoms with Crippen LogP contribution in [-0.2, 0) is 0 Å². The molecule has 2 unspecified atom stereocenters. The van der Waals surface area contributed by atoms with Crippen molar-refractivity contribution < 1.29 is 0 Å². The van der Waals surface area contributed by atoms with Gasteiger partial charge in [0.1, 0.15) is 0 Å². The molecule has 0 amide bonds. The molecular weight excluding hydrogens is 198 g/mol. The molecule has 0 aromatic carbocycles. The highest BCUT2D eigenvalue weighted by molar-refractivity contribution is 5.20. The van der Waals surface area contributed by atoms with Crippen LogP contribution in [0.5, 0.6) is 0 Å². The molecule has 3 nitrogen and oxygen atoms in total. The Balaban J connectivity index is 3.00. The molecule has 2 N–H and O–H groups in total. The molecule has 0 fully saturated rings. The average molecular weight is 221 g/mol. The molecule has 0 bridgehead atoms. The molecule has 1 heterocycles. The summed E-state index contributed by atoms with van der Waals surface area (Å²) in [5, 5.41) is 0. The number of aromatic nitrogens is 1. The Morgan fingerprint density at radius 2 is 2.06 bits per heavy atom. The third-order valence-electron chi connectivity index (χ3n) is 3.70. The molecule has 1 aromatic rings. The maximum atomic E-state index is 6.35. The second-order valence-corrected chi connectivity index (χ2v) is 4.82. The predicted molar refractivity (Wildman–Crippen MR) is 68.3 cm³/mol. The first kappa shape index (κ1) is 13.1. The third-order valence-corrected chi connectivity index (χ3v) is 3.70. The summed E-state index contributed by atoms with van der Waals surface area (Å²) in [6.07, 6.45) is 2.90. The molecule has 0 saturated heterocycles. The Morgan fingerprint density at radius 3 is 2.44 bits per heavy atom. The number of likely N-dealkylation sites (N-methyl/N-ethyl adjacent to an activating group) is 1. The van der Waals surface area contributed by atoms with E-state index in [9.17, 15) is 0 Å². The fourth-order valence-electron chi connectivity index (χ4n) is 1.84. The Bertz CT molecular complexity index is 332. The van der Waals surface area contributed by atoms with E-state index >= 15 is 0 Å². The largest absolute Gasteiger partial charge is 0.322 e. The lowest BCUT2D eigenvalue weighted by atomic mass is 9.85. The van der Waals surface area contributed by atoms with Gasteiger partial charge in [0, 0.05) is 23.5 Å². The third kappa shape index (κ3) is 2.42. The first-order valence-corrected chi connectivity index (χ1v) is 5.77. The minimum atomic E-state index is -0.0308. The van der Waals surface area contributed by atoms with E-state index in [-0.39, 0.29) is 11.6 Å². The van der Waals surface area contributed by atoms with Crippen molar-refractivity contribution in [1.82, 2.24) is 9.88 Å². The van der Waals surface area contributed by atoms with Crippen LogP contribution >= 0.6 is 0 Å². The Hall–Kier alpha value is -0.930. The van der Waals surface area contributed by atoms with Gasteiger partial charge in [0.05, 0.1) is 0 Å². The van der Waals surface area contributed by atoms with Gasteiger partial charge in [0.2, 0.25) is 0 Å². The van der Waals surface area contributed by atoms with Gasteiger partial charge in [0.15, 0.2) is 0 Å². The average Bonchev–Trinajstić information content (AvgIpc) is 2.27. The summed E-state index contributed by atoms with van der Waals surface area (Å²) in [5.41, 5.74) is 8.45. The summed E-state index contributed by atoms with van der Waals surface area (Å²) in [6, 6.07) is 4.08. The van der Waals surface area contributed by atoms with Crippen molar-refractivity contribution in [2.45, 2.75) is 38.8 Å². The van der Waals surface area contributed by atoms with Crippen molar-refractivity contribution in [1.29, 1.82) is 0 Å². The van der Waals surface area contributed by atoms with Crippen molar-refractivity contribution in [2.24, 2.45) is 5.73 Å². The van der Waals surface area contributed by atoms with Crippen LogP contribution in [0, 0.1) is 6.92 Å². The van der Waals surface area contributed by atoms with Gasteiger partial charge < -0.3 is 10.6 Å². The minimum Gasteiger partial charge on any atom is -0.322 e. The number of hydrogen-bond acceptors (Lipinski definition) is 3. The molecule has 0 spiro atoms. The number of hydrogen-bond donors (Lipinski definition) is 1. The van der Waals surface area contributed by atoms with Crippen LogP contribution in [-0.4, -0.2) is 29.5 Å². The molecule has 1 aromatic heterocycles. The molecule has 0 aliphatic heterocycles. The van der Waals surface area contributed by atoms with Gasteiger partial charge in [-0.2, -0.15) is 0 Å². The first-order chi connectivity index (χ1) is 7.41.